The Kier molecular flexibility index (Phi) is 6.06. The molecule has 3 aromatic rings. The molecule has 0 saturated carbocycles. The number of carbonyl (C=O) groups excluding carboxylic acids is 1. The first-order valence-electron chi connectivity index (χ1n) is 8.97. The minimum atomic E-state index is -0.210. The van der Waals surface area contributed by atoms with E-state index in [0.717, 1.165) is 16.5 Å². The molecule has 1 amide bonds. The topological polar surface area (TPSA) is 55.2 Å². The number of nitrogens with zero attached hydrogens (tertiary/aromatic N) is 3. The number of benzene rings is 2. The van der Waals surface area contributed by atoms with Crippen molar-refractivity contribution in [2.45, 2.75) is 39.4 Å². The lowest BCUT2D eigenvalue weighted by Crippen LogP contribution is -2.41. The van der Waals surface area contributed by atoms with Gasteiger partial charge in [-0.05, 0) is 37.1 Å². The Morgan fingerprint density at radius 3 is 2.67 bits per heavy atom. The molecule has 1 atom stereocenters. The van der Waals surface area contributed by atoms with Crippen LogP contribution in [0.15, 0.2) is 64.1 Å². The van der Waals surface area contributed by atoms with Crippen molar-refractivity contribution in [2.75, 3.05) is 0 Å². The molecule has 0 fully saturated rings. The molecule has 5 nitrogen and oxygen atoms in total. The zero-order valence-corrected chi connectivity index (χ0v) is 17.0. The van der Waals surface area contributed by atoms with Crippen LogP contribution in [0.1, 0.15) is 25.8 Å². The van der Waals surface area contributed by atoms with Crippen LogP contribution in [-0.2, 0) is 17.9 Å². The van der Waals surface area contributed by atoms with Crippen molar-refractivity contribution in [3.05, 3.63) is 75.2 Å². The Hall–Kier alpha value is -2.47. The van der Waals surface area contributed by atoms with Crippen LogP contribution in [-0.4, -0.2) is 26.4 Å². The van der Waals surface area contributed by atoms with E-state index in [1.807, 2.05) is 48.2 Å². The molecule has 27 heavy (non-hydrogen) atoms. The first-order chi connectivity index (χ1) is 13.0. The van der Waals surface area contributed by atoms with E-state index in [4.69, 9.17) is 0 Å². The van der Waals surface area contributed by atoms with E-state index in [0.29, 0.717) is 17.4 Å². The number of fused-ring (bicyclic) bond motifs is 1. The van der Waals surface area contributed by atoms with Gasteiger partial charge < -0.3 is 4.90 Å². The van der Waals surface area contributed by atoms with Gasteiger partial charge in [-0.1, -0.05) is 53.2 Å². The summed E-state index contributed by atoms with van der Waals surface area (Å²) in [4.78, 5) is 31.9. The second-order valence-corrected chi connectivity index (χ2v) is 7.52. The molecule has 0 unspecified atom stereocenters. The Morgan fingerprint density at radius 1 is 1.22 bits per heavy atom. The summed E-state index contributed by atoms with van der Waals surface area (Å²) in [6.45, 7) is 4.58. The molecule has 0 spiro atoms. The molecule has 0 aliphatic rings. The summed E-state index contributed by atoms with van der Waals surface area (Å²) in [7, 11) is 0. The molecule has 140 valence electrons. The summed E-state index contributed by atoms with van der Waals surface area (Å²) >= 11 is 3.38. The molecule has 0 bridgehead atoms. The van der Waals surface area contributed by atoms with Gasteiger partial charge in [0.1, 0.15) is 6.54 Å². The quantitative estimate of drug-likeness (QED) is 0.597. The summed E-state index contributed by atoms with van der Waals surface area (Å²) in [5.41, 5.74) is 1.48. The van der Waals surface area contributed by atoms with Gasteiger partial charge in [0, 0.05) is 17.1 Å². The number of carbonyl (C=O) groups is 1. The highest BCUT2D eigenvalue weighted by molar-refractivity contribution is 9.10. The highest BCUT2D eigenvalue weighted by atomic mass is 79.9. The predicted molar refractivity (Wildman–Crippen MR) is 110 cm³/mol. The molecular formula is C21H22BrN3O2. The molecule has 3 rings (SSSR count). The monoisotopic (exact) mass is 427 g/mol. The molecule has 0 saturated heterocycles. The lowest BCUT2D eigenvalue weighted by atomic mass is 10.1. The van der Waals surface area contributed by atoms with E-state index in [-0.39, 0.29) is 24.1 Å². The van der Waals surface area contributed by atoms with Gasteiger partial charge in [-0.25, -0.2) is 4.98 Å². The molecule has 1 heterocycles. The Morgan fingerprint density at radius 2 is 1.96 bits per heavy atom. The zero-order chi connectivity index (χ0) is 19.4. The number of hydrogen-bond donors (Lipinski definition) is 0. The summed E-state index contributed by atoms with van der Waals surface area (Å²) in [6.07, 6.45) is 2.30. The highest BCUT2D eigenvalue weighted by Gasteiger charge is 2.20. The second kappa shape index (κ2) is 8.48. The number of aromatic nitrogens is 2. The maximum Gasteiger partial charge on any atom is 0.261 e. The smallest absolute Gasteiger partial charge is 0.261 e. The minimum Gasteiger partial charge on any atom is -0.334 e. The average molecular weight is 428 g/mol. The standard InChI is InChI=1S/C21H22BrN3O2/c1-3-15(2)25(12-16-7-5-4-6-8-16)20(26)13-24-14-23-19-10-9-17(22)11-18(19)21(24)27/h4-11,14-15H,3,12-13H2,1-2H3/t15-/m1/s1. The lowest BCUT2D eigenvalue weighted by molar-refractivity contribution is -0.134. The van der Waals surface area contributed by atoms with Crippen molar-refractivity contribution in [1.82, 2.24) is 14.5 Å². The van der Waals surface area contributed by atoms with Crippen LogP contribution in [0, 0.1) is 0 Å². The maximum atomic E-state index is 13.0. The molecule has 0 aliphatic carbocycles. The first kappa shape index (κ1) is 19.3. The minimum absolute atomic E-state index is 0.0224. The Bertz CT molecular complexity index is 1000. The molecule has 6 heteroatoms. The number of hydrogen-bond acceptors (Lipinski definition) is 3. The number of halogens is 1. The third-order valence-corrected chi connectivity index (χ3v) is 5.22. The number of amides is 1. The van der Waals surface area contributed by atoms with Gasteiger partial charge in [-0.15, -0.1) is 0 Å². The van der Waals surface area contributed by atoms with Gasteiger partial charge in [0.25, 0.3) is 5.56 Å². The van der Waals surface area contributed by atoms with Crippen LogP contribution < -0.4 is 5.56 Å². The van der Waals surface area contributed by atoms with E-state index in [9.17, 15) is 9.59 Å². The fourth-order valence-corrected chi connectivity index (χ4v) is 3.33. The normalized spacial score (nSPS) is 12.1. The molecule has 1 aromatic heterocycles. The van der Waals surface area contributed by atoms with Gasteiger partial charge in [0.2, 0.25) is 5.91 Å². The van der Waals surface area contributed by atoms with Crippen LogP contribution in [0.4, 0.5) is 0 Å². The van der Waals surface area contributed by atoms with E-state index in [1.165, 1.54) is 10.9 Å². The largest absolute Gasteiger partial charge is 0.334 e. The lowest BCUT2D eigenvalue weighted by Gasteiger charge is -2.29. The number of rotatable bonds is 6. The molecule has 0 radical (unpaired) electrons. The van der Waals surface area contributed by atoms with Crippen molar-refractivity contribution in [3.63, 3.8) is 0 Å². The van der Waals surface area contributed by atoms with Crippen molar-refractivity contribution in [1.29, 1.82) is 0 Å². The van der Waals surface area contributed by atoms with Gasteiger partial charge in [-0.2, -0.15) is 0 Å². The van der Waals surface area contributed by atoms with Crippen LogP contribution >= 0.6 is 15.9 Å². The molecule has 0 N–H and O–H groups in total. The third kappa shape index (κ3) is 4.45. The predicted octanol–water partition coefficient (Wildman–Crippen LogP) is 3.99. The maximum absolute atomic E-state index is 13.0. The van der Waals surface area contributed by atoms with Crippen LogP contribution in [0.25, 0.3) is 10.9 Å². The fraction of sp³-hybridized carbons (Fsp3) is 0.286. The molecular weight excluding hydrogens is 406 g/mol. The van der Waals surface area contributed by atoms with Gasteiger partial charge in [0.05, 0.1) is 17.2 Å². The van der Waals surface area contributed by atoms with E-state index < -0.39 is 0 Å². The van der Waals surface area contributed by atoms with E-state index in [1.54, 1.807) is 12.1 Å². The highest BCUT2D eigenvalue weighted by Crippen LogP contribution is 2.15. The van der Waals surface area contributed by atoms with Crippen molar-refractivity contribution in [3.8, 4) is 0 Å². The molecule has 2 aromatic carbocycles. The van der Waals surface area contributed by atoms with Gasteiger partial charge in [-0.3, -0.25) is 14.2 Å². The SMILES string of the molecule is CC[C@@H](C)N(Cc1ccccc1)C(=O)Cn1cnc2ccc(Br)cc2c1=O. The van der Waals surface area contributed by atoms with E-state index in [2.05, 4.69) is 27.8 Å². The second-order valence-electron chi connectivity index (χ2n) is 6.60. The Balaban J connectivity index is 1.88. The van der Waals surface area contributed by atoms with Crippen molar-refractivity contribution in [2.24, 2.45) is 0 Å². The van der Waals surface area contributed by atoms with Crippen LogP contribution in [0.2, 0.25) is 0 Å². The van der Waals surface area contributed by atoms with Crippen molar-refractivity contribution < 1.29 is 4.79 Å². The van der Waals surface area contributed by atoms with Gasteiger partial charge >= 0.3 is 0 Å². The summed E-state index contributed by atoms with van der Waals surface area (Å²) < 4.78 is 2.19. The average Bonchev–Trinajstić information content (AvgIpc) is 2.68. The summed E-state index contributed by atoms with van der Waals surface area (Å²) in [6, 6.07) is 15.3. The first-order valence-corrected chi connectivity index (χ1v) is 9.77. The van der Waals surface area contributed by atoms with E-state index >= 15 is 0 Å². The zero-order valence-electron chi connectivity index (χ0n) is 15.4. The Labute approximate surface area is 166 Å². The fourth-order valence-electron chi connectivity index (χ4n) is 2.97. The summed E-state index contributed by atoms with van der Waals surface area (Å²) in [5.74, 6) is -0.0913. The third-order valence-electron chi connectivity index (χ3n) is 4.73. The molecule has 0 aliphatic heterocycles. The van der Waals surface area contributed by atoms with Crippen LogP contribution in [0.3, 0.4) is 0 Å². The van der Waals surface area contributed by atoms with Crippen molar-refractivity contribution >= 4 is 32.7 Å². The van der Waals surface area contributed by atoms with Gasteiger partial charge in [0.15, 0.2) is 0 Å². The summed E-state index contributed by atoms with van der Waals surface area (Å²) in [5, 5.41) is 0.498. The van der Waals surface area contributed by atoms with Crippen LogP contribution in [0.5, 0.6) is 0 Å².